The van der Waals surface area contributed by atoms with Crippen LogP contribution in [0.2, 0.25) is 5.02 Å². The second-order valence-corrected chi connectivity index (χ2v) is 5.63. The van der Waals surface area contributed by atoms with E-state index in [0.717, 1.165) is 18.5 Å². The Bertz CT molecular complexity index is 422. The molecule has 1 aromatic carbocycles. The molecule has 0 aliphatic carbocycles. The zero-order chi connectivity index (χ0) is 13.3. The Morgan fingerprint density at radius 1 is 1.50 bits per heavy atom. The van der Waals surface area contributed by atoms with Gasteiger partial charge in [-0.2, -0.15) is 0 Å². The monoisotopic (exact) mass is 270 g/mol. The van der Waals surface area contributed by atoms with E-state index in [1.165, 1.54) is 12.1 Å². The van der Waals surface area contributed by atoms with Crippen LogP contribution in [0.15, 0.2) is 18.2 Å². The van der Waals surface area contributed by atoms with Crippen LogP contribution in [-0.2, 0) is 0 Å². The molecule has 2 atom stereocenters. The number of nitrogens with zero attached hydrogens (tertiary/aromatic N) is 1. The summed E-state index contributed by atoms with van der Waals surface area (Å²) in [6.45, 7) is 6.01. The summed E-state index contributed by atoms with van der Waals surface area (Å²) in [4.78, 5) is 2.40. The second-order valence-electron chi connectivity index (χ2n) is 5.23. The highest BCUT2D eigenvalue weighted by Gasteiger charge is 2.36. The lowest BCUT2D eigenvalue weighted by Crippen LogP contribution is -2.33. The van der Waals surface area contributed by atoms with Crippen molar-refractivity contribution in [2.45, 2.75) is 32.4 Å². The zero-order valence-electron chi connectivity index (χ0n) is 10.9. The minimum Gasteiger partial charge on any atom is -0.330 e. The summed E-state index contributed by atoms with van der Waals surface area (Å²) < 4.78 is 13.1. The molecule has 2 nitrogen and oxygen atoms in total. The van der Waals surface area contributed by atoms with Crippen molar-refractivity contribution in [1.82, 2.24) is 4.90 Å². The maximum atomic E-state index is 13.1. The number of nitrogens with two attached hydrogens (primary N) is 1. The number of halogens is 2. The summed E-state index contributed by atoms with van der Waals surface area (Å²) in [5, 5.41) is 0.506. The van der Waals surface area contributed by atoms with Gasteiger partial charge in [-0.1, -0.05) is 17.7 Å². The van der Waals surface area contributed by atoms with Crippen LogP contribution >= 0.6 is 11.6 Å². The van der Waals surface area contributed by atoms with Crippen molar-refractivity contribution in [2.24, 2.45) is 11.7 Å². The third-order valence-corrected chi connectivity index (χ3v) is 4.14. The van der Waals surface area contributed by atoms with Gasteiger partial charge in [0.1, 0.15) is 5.82 Å². The highest BCUT2D eigenvalue weighted by molar-refractivity contribution is 6.31. The summed E-state index contributed by atoms with van der Waals surface area (Å²) in [5.41, 5.74) is 6.86. The van der Waals surface area contributed by atoms with Crippen LogP contribution in [0.1, 0.15) is 31.9 Å². The zero-order valence-corrected chi connectivity index (χ0v) is 11.6. The number of hydrogen-bond donors (Lipinski definition) is 1. The third kappa shape index (κ3) is 2.53. The van der Waals surface area contributed by atoms with E-state index in [4.69, 9.17) is 17.3 Å². The molecule has 2 N–H and O–H groups in total. The van der Waals surface area contributed by atoms with Crippen LogP contribution in [-0.4, -0.2) is 24.0 Å². The molecule has 1 fully saturated rings. The Morgan fingerprint density at radius 2 is 2.22 bits per heavy atom. The van der Waals surface area contributed by atoms with E-state index in [1.54, 1.807) is 6.07 Å². The van der Waals surface area contributed by atoms with Gasteiger partial charge in [0.2, 0.25) is 0 Å². The molecule has 0 saturated carbocycles. The van der Waals surface area contributed by atoms with E-state index in [-0.39, 0.29) is 11.9 Å². The first-order valence-corrected chi connectivity index (χ1v) is 6.83. The Hall–Kier alpha value is -0.640. The van der Waals surface area contributed by atoms with Gasteiger partial charge in [0, 0.05) is 17.1 Å². The Kier molecular flexibility index (Phi) is 4.25. The first-order chi connectivity index (χ1) is 8.54. The minimum absolute atomic E-state index is 0.211. The minimum atomic E-state index is -0.290. The van der Waals surface area contributed by atoms with Crippen LogP contribution < -0.4 is 5.73 Å². The van der Waals surface area contributed by atoms with Crippen LogP contribution in [0.25, 0.3) is 0 Å². The highest BCUT2D eigenvalue weighted by atomic mass is 35.5. The Balaban J connectivity index is 2.37. The van der Waals surface area contributed by atoms with Crippen LogP contribution in [0.5, 0.6) is 0 Å². The van der Waals surface area contributed by atoms with Crippen LogP contribution in [0.4, 0.5) is 4.39 Å². The lowest BCUT2D eigenvalue weighted by Gasteiger charge is -2.32. The maximum Gasteiger partial charge on any atom is 0.124 e. The lowest BCUT2D eigenvalue weighted by atomic mass is 9.93. The second kappa shape index (κ2) is 5.55. The van der Waals surface area contributed by atoms with Crippen molar-refractivity contribution in [3.05, 3.63) is 34.6 Å². The fourth-order valence-corrected chi connectivity index (χ4v) is 3.16. The van der Waals surface area contributed by atoms with E-state index in [0.29, 0.717) is 23.5 Å². The number of likely N-dealkylation sites (tertiary alicyclic amines) is 1. The molecule has 18 heavy (non-hydrogen) atoms. The van der Waals surface area contributed by atoms with Crippen molar-refractivity contribution in [2.75, 3.05) is 13.1 Å². The normalized spacial score (nSPS) is 25.0. The number of rotatable bonds is 3. The predicted octanol–water partition coefficient (Wildman–Crippen LogP) is 3.21. The van der Waals surface area contributed by atoms with Crippen LogP contribution in [0.3, 0.4) is 0 Å². The summed E-state index contributed by atoms with van der Waals surface area (Å²) >= 11 is 6.19. The molecule has 1 aliphatic heterocycles. The van der Waals surface area contributed by atoms with Gasteiger partial charge in [0.05, 0.1) is 0 Å². The van der Waals surface area contributed by atoms with Gasteiger partial charge in [-0.15, -0.1) is 0 Å². The smallest absolute Gasteiger partial charge is 0.124 e. The summed E-state index contributed by atoms with van der Waals surface area (Å²) in [6.07, 6.45) is 1.08. The van der Waals surface area contributed by atoms with Crippen molar-refractivity contribution >= 4 is 11.6 Å². The molecule has 100 valence electrons. The number of hydrogen-bond acceptors (Lipinski definition) is 2. The summed E-state index contributed by atoms with van der Waals surface area (Å²) in [5.74, 6) is 0.109. The third-order valence-electron chi connectivity index (χ3n) is 3.81. The van der Waals surface area contributed by atoms with Gasteiger partial charge in [-0.25, -0.2) is 4.39 Å². The fourth-order valence-electron chi connectivity index (χ4n) is 2.88. The molecule has 1 saturated heterocycles. The van der Waals surface area contributed by atoms with Gasteiger partial charge < -0.3 is 5.73 Å². The van der Waals surface area contributed by atoms with E-state index < -0.39 is 0 Å². The molecular formula is C14H20ClFN2. The molecule has 4 heteroatoms. The summed E-state index contributed by atoms with van der Waals surface area (Å²) in [7, 11) is 0. The first kappa shape index (κ1) is 13.8. The molecule has 0 aromatic heterocycles. The largest absolute Gasteiger partial charge is 0.330 e. The quantitative estimate of drug-likeness (QED) is 0.914. The highest BCUT2D eigenvalue weighted by Crippen LogP contribution is 2.40. The Labute approximate surface area is 113 Å². The molecule has 1 aromatic rings. The van der Waals surface area contributed by atoms with E-state index in [2.05, 4.69) is 18.7 Å². The molecular weight excluding hydrogens is 251 g/mol. The SMILES string of the molecule is CC(C)N1CCC(CN)C1c1ccc(F)cc1Cl. The lowest BCUT2D eigenvalue weighted by molar-refractivity contribution is 0.184. The molecule has 2 rings (SSSR count). The van der Waals surface area contributed by atoms with Crippen LogP contribution in [0, 0.1) is 11.7 Å². The summed E-state index contributed by atoms with van der Waals surface area (Å²) in [6, 6.07) is 5.31. The van der Waals surface area contributed by atoms with E-state index in [1.807, 2.05) is 0 Å². The molecule has 2 unspecified atom stereocenters. The van der Waals surface area contributed by atoms with Crippen molar-refractivity contribution in [3.8, 4) is 0 Å². The van der Waals surface area contributed by atoms with Gasteiger partial charge in [0.15, 0.2) is 0 Å². The van der Waals surface area contributed by atoms with E-state index in [9.17, 15) is 4.39 Å². The molecule has 0 radical (unpaired) electrons. The predicted molar refractivity (Wildman–Crippen MR) is 73.2 cm³/mol. The average Bonchev–Trinajstić information content (AvgIpc) is 2.72. The van der Waals surface area contributed by atoms with Gasteiger partial charge >= 0.3 is 0 Å². The van der Waals surface area contributed by atoms with Crippen molar-refractivity contribution in [3.63, 3.8) is 0 Å². The molecule has 1 heterocycles. The topological polar surface area (TPSA) is 29.3 Å². The standard InChI is InChI=1S/C14H20ClFN2/c1-9(2)18-6-5-10(8-17)14(18)12-4-3-11(16)7-13(12)15/h3-4,7,9-10,14H,5-6,8,17H2,1-2H3. The maximum absolute atomic E-state index is 13.1. The molecule has 1 aliphatic rings. The Morgan fingerprint density at radius 3 is 2.78 bits per heavy atom. The molecule has 0 bridgehead atoms. The average molecular weight is 271 g/mol. The van der Waals surface area contributed by atoms with E-state index >= 15 is 0 Å². The van der Waals surface area contributed by atoms with Gasteiger partial charge in [-0.3, -0.25) is 4.90 Å². The van der Waals surface area contributed by atoms with Crippen molar-refractivity contribution < 1.29 is 4.39 Å². The molecule has 0 spiro atoms. The van der Waals surface area contributed by atoms with Gasteiger partial charge in [-0.05, 0) is 57.0 Å². The fraction of sp³-hybridized carbons (Fsp3) is 0.571. The first-order valence-electron chi connectivity index (χ1n) is 6.45. The molecule has 0 amide bonds. The number of benzene rings is 1. The van der Waals surface area contributed by atoms with Gasteiger partial charge in [0.25, 0.3) is 0 Å². The van der Waals surface area contributed by atoms with Crippen molar-refractivity contribution in [1.29, 1.82) is 0 Å².